The number of aryl methyl sites for hydroxylation is 2. The number of hydrogen-bond donors (Lipinski definition) is 1. The highest BCUT2D eigenvalue weighted by Crippen LogP contribution is 2.48. The number of phenolic OH excluding ortho intramolecular Hbond substituents is 1. The maximum absolute atomic E-state index is 13.5. The number of hydrogen-bond acceptors (Lipinski definition) is 9. The second-order valence-electron chi connectivity index (χ2n) is 13.1. The Kier molecular flexibility index (Phi) is 12.2. The standard InChI is InChI=1S/C32H47O9P/c1-21(2)26-15-24(11-12-28(26)33)16-27-22(3)13-25(14-23(27)4)39-20-42(36,41-19-38-30(35)32(8,9)10)40-18-37-29(34)17-31(5,6)7/h11-15,21,33H,16-20H2,1-10H3. The van der Waals surface area contributed by atoms with E-state index in [-0.39, 0.29) is 23.5 Å². The Morgan fingerprint density at radius 2 is 1.48 bits per heavy atom. The van der Waals surface area contributed by atoms with Crippen LogP contribution in [0, 0.1) is 24.7 Å². The minimum atomic E-state index is -4.02. The highest BCUT2D eigenvalue weighted by atomic mass is 31.2. The molecule has 1 atom stereocenters. The number of phenols is 1. The molecule has 0 saturated carbocycles. The average molecular weight is 607 g/mol. The van der Waals surface area contributed by atoms with Crippen molar-refractivity contribution >= 4 is 19.5 Å². The quantitative estimate of drug-likeness (QED) is 0.139. The van der Waals surface area contributed by atoms with Gasteiger partial charge in [0.15, 0.2) is 6.35 Å². The number of esters is 2. The largest absolute Gasteiger partial charge is 0.508 e. The molecule has 0 aliphatic carbocycles. The Balaban J connectivity index is 2.15. The fourth-order valence-corrected chi connectivity index (χ4v) is 4.95. The van der Waals surface area contributed by atoms with Gasteiger partial charge in [-0.15, -0.1) is 0 Å². The Hall–Kier alpha value is -2.87. The molecule has 1 unspecified atom stereocenters. The third-order valence-electron chi connectivity index (χ3n) is 6.35. The van der Waals surface area contributed by atoms with E-state index in [2.05, 4.69) is 0 Å². The van der Waals surface area contributed by atoms with E-state index in [1.54, 1.807) is 26.8 Å². The van der Waals surface area contributed by atoms with Gasteiger partial charge in [-0.2, -0.15) is 0 Å². The third kappa shape index (κ3) is 11.4. The lowest BCUT2D eigenvalue weighted by Crippen LogP contribution is -2.24. The zero-order valence-electron chi connectivity index (χ0n) is 26.7. The molecule has 0 amide bonds. The molecule has 2 aromatic rings. The Labute approximate surface area is 250 Å². The highest BCUT2D eigenvalue weighted by molar-refractivity contribution is 7.53. The van der Waals surface area contributed by atoms with Crippen molar-refractivity contribution in [2.24, 2.45) is 10.8 Å². The maximum Gasteiger partial charge on any atom is 0.373 e. The number of benzene rings is 2. The zero-order valence-corrected chi connectivity index (χ0v) is 27.6. The fourth-order valence-electron chi connectivity index (χ4n) is 3.99. The van der Waals surface area contributed by atoms with Crippen LogP contribution in [0.15, 0.2) is 30.3 Å². The van der Waals surface area contributed by atoms with Crippen LogP contribution in [0.1, 0.15) is 95.5 Å². The van der Waals surface area contributed by atoms with Crippen molar-refractivity contribution in [2.75, 3.05) is 19.9 Å². The lowest BCUT2D eigenvalue weighted by Gasteiger charge is -2.22. The van der Waals surface area contributed by atoms with E-state index in [9.17, 15) is 19.3 Å². The molecule has 0 radical (unpaired) electrons. The van der Waals surface area contributed by atoms with Gasteiger partial charge < -0.3 is 19.3 Å². The van der Waals surface area contributed by atoms with Crippen molar-refractivity contribution in [1.82, 2.24) is 0 Å². The molecular formula is C32H47O9P. The van der Waals surface area contributed by atoms with Gasteiger partial charge in [0, 0.05) is 0 Å². The van der Waals surface area contributed by atoms with E-state index >= 15 is 0 Å². The second kappa shape index (κ2) is 14.5. The Morgan fingerprint density at radius 3 is 2.00 bits per heavy atom. The summed E-state index contributed by atoms with van der Waals surface area (Å²) in [5.41, 5.74) is 3.96. The first kappa shape index (κ1) is 35.3. The Morgan fingerprint density at radius 1 is 0.905 bits per heavy atom. The smallest absolute Gasteiger partial charge is 0.373 e. The summed E-state index contributed by atoms with van der Waals surface area (Å²) in [6, 6.07) is 9.33. The lowest BCUT2D eigenvalue weighted by atomic mass is 9.93. The summed E-state index contributed by atoms with van der Waals surface area (Å²) in [5, 5.41) is 10.2. The van der Waals surface area contributed by atoms with Crippen LogP contribution < -0.4 is 4.74 Å². The number of rotatable bonds is 13. The van der Waals surface area contributed by atoms with Crippen LogP contribution in [0.4, 0.5) is 0 Å². The molecule has 1 N–H and O–H groups in total. The molecule has 2 rings (SSSR count). The summed E-state index contributed by atoms with van der Waals surface area (Å²) in [6.45, 7) is 17.5. The minimum Gasteiger partial charge on any atom is -0.508 e. The lowest BCUT2D eigenvalue weighted by molar-refractivity contribution is -0.160. The summed E-state index contributed by atoms with van der Waals surface area (Å²) < 4.78 is 40.3. The van der Waals surface area contributed by atoms with Crippen LogP contribution in [-0.2, 0) is 39.1 Å². The van der Waals surface area contributed by atoms with Crippen molar-refractivity contribution < 1.29 is 42.5 Å². The van der Waals surface area contributed by atoms with Gasteiger partial charge in [-0.25, -0.2) is 0 Å². The first-order valence-corrected chi connectivity index (χ1v) is 15.8. The predicted molar refractivity (Wildman–Crippen MR) is 162 cm³/mol. The van der Waals surface area contributed by atoms with Gasteiger partial charge in [-0.05, 0) is 98.4 Å². The molecule has 0 aliphatic heterocycles. The van der Waals surface area contributed by atoms with Gasteiger partial charge in [0.2, 0.25) is 13.6 Å². The zero-order chi connectivity index (χ0) is 31.9. The van der Waals surface area contributed by atoms with Crippen molar-refractivity contribution in [1.29, 1.82) is 0 Å². The molecule has 0 bridgehead atoms. The molecule has 0 spiro atoms. The molecule has 0 fully saturated rings. The molecular weight excluding hydrogens is 559 g/mol. The van der Waals surface area contributed by atoms with Crippen molar-refractivity contribution in [3.05, 3.63) is 58.1 Å². The van der Waals surface area contributed by atoms with Crippen LogP contribution in [0.3, 0.4) is 0 Å². The highest BCUT2D eigenvalue weighted by Gasteiger charge is 2.30. The molecule has 234 valence electrons. The van der Waals surface area contributed by atoms with Gasteiger partial charge in [0.1, 0.15) is 11.5 Å². The molecule has 0 saturated heterocycles. The van der Waals surface area contributed by atoms with Crippen LogP contribution in [0.5, 0.6) is 11.5 Å². The molecule has 0 heterocycles. The van der Waals surface area contributed by atoms with E-state index < -0.39 is 44.9 Å². The van der Waals surface area contributed by atoms with Crippen molar-refractivity contribution in [3.8, 4) is 11.5 Å². The Bertz CT molecular complexity index is 1260. The van der Waals surface area contributed by atoms with E-state index in [0.717, 1.165) is 27.8 Å². The van der Waals surface area contributed by atoms with Crippen LogP contribution in [0.2, 0.25) is 0 Å². The average Bonchev–Trinajstić information content (AvgIpc) is 2.84. The molecule has 0 aliphatic rings. The number of aromatic hydroxyl groups is 1. The first-order valence-electron chi connectivity index (χ1n) is 14.1. The molecule has 42 heavy (non-hydrogen) atoms. The minimum absolute atomic E-state index is 0.148. The second-order valence-corrected chi connectivity index (χ2v) is 15.1. The SMILES string of the molecule is Cc1cc(OCP(=O)(OCOC(=O)CC(C)(C)C)OCOC(=O)C(C)(C)C)cc(C)c1Cc1ccc(O)c(C(C)C)c1. The summed E-state index contributed by atoms with van der Waals surface area (Å²) in [4.78, 5) is 24.2. The van der Waals surface area contributed by atoms with Gasteiger partial charge in [0.25, 0.3) is 0 Å². The first-order chi connectivity index (χ1) is 19.3. The number of ether oxygens (including phenoxy) is 3. The number of carbonyl (C=O) groups excluding carboxylic acids is 2. The molecule has 0 aromatic heterocycles. The maximum atomic E-state index is 13.5. The normalized spacial score (nSPS) is 13.5. The monoisotopic (exact) mass is 606 g/mol. The van der Waals surface area contributed by atoms with Crippen LogP contribution in [0.25, 0.3) is 0 Å². The van der Waals surface area contributed by atoms with E-state index in [1.807, 2.05) is 72.7 Å². The third-order valence-corrected chi connectivity index (χ3v) is 7.79. The van der Waals surface area contributed by atoms with Gasteiger partial charge in [0.05, 0.1) is 11.8 Å². The van der Waals surface area contributed by atoms with Crippen LogP contribution in [-0.4, -0.2) is 37.0 Å². The fraction of sp³-hybridized carbons (Fsp3) is 0.562. The summed E-state index contributed by atoms with van der Waals surface area (Å²) in [7, 11) is -4.02. The van der Waals surface area contributed by atoms with Gasteiger partial charge in [-0.1, -0.05) is 46.8 Å². The summed E-state index contributed by atoms with van der Waals surface area (Å²) >= 11 is 0. The molecule has 10 heteroatoms. The van der Waals surface area contributed by atoms with Crippen molar-refractivity contribution in [3.63, 3.8) is 0 Å². The topological polar surface area (TPSA) is 118 Å². The molecule has 9 nitrogen and oxygen atoms in total. The van der Waals surface area contributed by atoms with Gasteiger partial charge in [-0.3, -0.25) is 23.2 Å². The van der Waals surface area contributed by atoms with Gasteiger partial charge >= 0.3 is 19.5 Å². The van der Waals surface area contributed by atoms with Crippen LogP contribution >= 0.6 is 7.60 Å². The number of carbonyl (C=O) groups is 2. The molecule has 2 aromatic carbocycles. The van der Waals surface area contributed by atoms with E-state index in [4.69, 9.17) is 23.3 Å². The summed E-state index contributed by atoms with van der Waals surface area (Å²) in [5.74, 6) is -0.113. The summed E-state index contributed by atoms with van der Waals surface area (Å²) in [6.07, 6.45) is 0.321. The predicted octanol–water partition coefficient (Wildman–Crippen LogP) is 7.77. The van der Waals surface area contributed by atoms with E-state index in [0.29, 0.717) is 12.2 Å². The van der Waals surface area contributed by atoms with Crippen molar-refractivity contribution in [2.45, 2.75) is 88.0 Å². The van der Waals surface area contributed by atoms with E-state index in [1.165, 1.54) is 0 Å².